The maximum Gasteiger partial charge on any atom is 0.338 e. The van der Waals surface area contributed by atoms with Crippen LogP contribution in [-0.2, 0) is 0 Å². The summed E-state index contributed by atoms with van der Waals surface area (Å²) in [4.78, 5) is 13.0. The molecule has 1 aliphatic rings. The molecule has 5 heteroatoms. The smallest absolute Gasteiger partial charge is 0.338 e. The molecule has 1 unspecified atom stereocenters. The van der Waals surface area contributed by atoms with Crippen LogP contribution in [0.25, 0.3) is 0 Å². The molecular weight excluding hydrogens is 247 g/mol. The molecule has 1 heterocycles. The van der Waals surface area contributed by atoms with Gasteiger partial charge in [-0.1, -0.05) is 6.42 Å². The molecule has 1 atom stereocenters. The Morgan fingerprint density at radius 3 is 2.95 bits per heavy atom. The van der Waals surface area contributed by atoms with E-state index in [0.29, 0.717) is 11.7 Å². The Kier molecular flexibility index (Phi) is 4.37. The Hall–Kier alpha value is -1.62. The van der Waals surface area contributed by atoms with Gasteiger partial charge in [-0.25, -0.2) is 9.18 Å². The molecule has 0 aliphatic carbocycles. The van der Waals surface area contributed by atoms with Gasteiger partial charge in [0.25, 0.3) is 0 Å². The molecule has 0 bridgehead atoms. The van der Waals surface area contributed by atoms with Crippen molar-refractivity contribution in [2.24, 2.45) is 0 Å². The van der Waals surface area contributed by atoms with Gasteiger partial charge in [0, 0.05) is 18.3 Å². The molecule has 1 aromatic rings. The molecule has 2 rings (SSSR count). The summed E-state index contributed by atoms with van der Waals surface area (Å²) in [7, 11) is 2.10. The Morgan fingerprint density at radius 2 is 2.32 bits per heavy atom. The summed E-state index contributed by atoms with van der Waals surface area (Å²) in [6.07, 6.45) is 3.59. The third-order valence-corrected chi connectivity index (χ3v) is 3.66. The first-order chi connectivity index (χ1) is 9.08. The molecule has 1 aromatic carbocycles. The molecular formula is C14H19FN2O2. The summed E-state index contributed by atoms with van der Waals surface area (Å²) in [5, 5.41) is 11.9. The highest BCUT2D eigenvalue weighted by Gasteiger charge is 2.18. The molecule has 0 aromatic heterocycles. The van der Waals surface area contributed by atoms with Crippen molar-refractivity contribution in [3.63, 3.8) is 0 Å². The van der Waals surface area contributed by atoms with Crippen molar-refractivity contribution in [3.05, 3.63) is 29.6 Å². The zero-order valence-electron chi connectivity index (χ0n) is 11.0. The predicted octanol–water partition coefficient (Wildman–Crippen LogP) is 2.42. The topological polar surface area (TPSA) is 52.6 Å². The number of carbonyl (C=O) groups is 1. The Morgan fingerprint density at radius 1 is 1.53 bits per heavy atom. The molecule has 0 saturated carbocycles. The predicted molar refractivity (Wildman–Crippen MR) is 72.1 cm³/mol. The summed E-state index contributed by atoms with van der Waals surface area (Å²) in [5.41, 5.74) is 0.335. The van der Waals surface area contributed by atoms with Gasteiger partial charge in [-0.2, -0.15) is 0 Å². The second-order valence-corrected chi connectivity index (χ2v) is 5.01. The van der Waals surface area contributed by atoms with E-state index in [9.17, 15) is 9.18 Å². The van der Waals surface area contributed by atoms with Crippen LogP contribution in [0.15, 0.2) is 18.2 Å². The lowest BCUT2D eigenvalue weighted by Crippen LogP contribution is -2.40. The number of carboxylic acids is 1. The van der Waals surface area contributed by atoms with E-state index in [1.165, 1.54) is 25.0 Å². The molecule has 1 aliphatic heterocycles. The zero-order valence-corrected chi connectivity index (χ0v) is 11.0. The summed E-state index contributed by atoms with van der Waals surface area (Å²) in [6, 6.07) is 4.60. The number of hydrogen-bond acceptors (Lipinski definition) is 3. The largest absolute Gasteiger partial charge is 0.478 e. The fourth-order valence-corrected chi connectivity index (χ4v) is 2.44. The van der Waals surface area contributed by atoms with Crippen LogP contribution in [0.1, 0.15) is 29.6 Å². The van der Waals surface area contributed by atoms with E-state index in [2.05, 4.69) is 17.3 Å². The molecule has 0 amide bonds. The fraction of sp³-hybridized carbons (Fsp3) is 0.500. The van der Waals surface area contributed by atoms with Crippen molar-refractivity contribution < 1.29 is 14.3 Å². The fourth-order valence-electron chi connectivity index (χ4n) is 2.44. The maximum absolute atomic E-state index is 13.5. The van der Waals surface area contributed by atoms with Crippen molar-refractivity contribution in [3.8, 4) is 0 Å². The standard InChI is InChI=1S/C14H19FN2O2/c1-17-7-3-2-4-11(17)9-16-10-5-6-12(14(18)19)13(15)8-10/h5-6,8,11,16H,2-4,7,9H2,1H3,(H,18,19). The molecule has 19 heavy (non-hydrogen) atoms. The van der Waals surface area contributed by atoms with Crippen LogP contribution in [0.4, 0.5) is 10.1 Å². The number of rotatable bonds is 4. The molecule has 2 N–H and O–H groups in total. The molecule has 1 saturated heterocycles. The van der Waals surface area contributed by atoms with Crippen LogP contribution in [-0.4, -0.2) is 42.2 Å². The number of anilines is 1. The highest BCUT2D eigenvalue weighted by atomic mass is 19.1. The first kappa shape index (κ1) is 13.8. The van der Waals surface area contributed by atoms with E-state index >= 15 is 0 Å². The first-order valence-corrected chi connectivity index (χ1v) is 6.55. The number of likely N-dealkylation sites (tertiary alicyclic amines) is 1. The molecule has 1 fully saturated rings. The minimum Gasteiger partial charge on any atom is -0.478 e. The van der Waals surface area contributed by atoms with Crippen LogP contribution in [0, 0.1) is 5.82 Å². The van der Waals surface area contributed by atoms with Crippen molar-refractivity contribution in [2.45, 2.75) is 25.3 Å². The normalized spacial score (nSPS) is 20.2. The molecule has 0 spiro atoms. The monoisotopic (exact) mass is 266 g/mol. The van der Waals surface area contributed by atoms with E-state index in [1.807, 2.05) is 0 Å². The number of hydrogen-bond donors (Lipinski definition) is 2. The van der Waals surface area contributed by atoms with Gasteiger partial charge in [-0.15, -0.1) is 0 Å². The average molecular weight is 266 g/mol. The van der Waals surface area contributed by atoms with E-state index in [0.717, 1.165) is 19.5 Å². The van der Waals surface area contributed by atoms with Crippen LogP contribution < -0.4 is 5.32 Å². The van der Waals surface area contributed by atoms with Crippen LogP contribution in [0.3, 0.4) is 0 Å². The highest BCUT2D eigenvalue weighted by molar-refractivity contribution is 5.88. The minimum atomic E-state index is -1.24. The molecule has 4 nitrogen and oxygen atoms in total. The van der Waals surface area contributed by atoms with Gasteiger partial charge >= 0.3 is 5.97 Å². The third-order valence-electron chi connectivity index (χ3n) is 3.66. The van der Waals surface area contributed by atoms with Crippen LogP contribution >= 0.6 is 0 Å². The van der Waals surface area contributed by atoms with Gasteiger partial charge in [-0.3, -0.25) is 0 Å². The van der Waals surface area contributed by atoms with Gasteiger partial charge in [-0.05, 0) is 44.6 Å². The number of piperidine rings is 1. The van der Waals surface area contributed by atoms with Gasteiger partial charge in [0.1, 0.15) is 5.82 Å². The lowest BCUT2D eigenvalue weighted by Gasteiger charge is -2.32. The van der Waals surface area contributed by atoms with Crippen molar-refractivity contribution in [2.75, 3.05) is 25.5 Å². The van der Waals surface area contributed by atoms with Gasteiger partial charge in [0.05, 0.1) is 5.56 Å². The number of carboxylic acid groups (broad SMARTS) is 1. The third kappa shape index (κ3) is 3.44. The van der Waals surface area contributed by atoms with E-state index in [4.69, 9.17) is 5.11 Å². The highest BCUT2D eigenvalue weighted by Crippen LogP contribution is 2.18. The van der Waals surface area contributed by atoms with Crippen molar-refractivity contribution in [1.29, 1.82) is 0 Å². The average Bonchev–Trinajstić information content (AvgIpc) is 2.37. The zero-order chi connectivity index (χ0) is 13.8. The van der Waals surface area contributed by atoms with Crippen LogP contribution in [0.5, 0.6) is 0 Å². The molecule has 0 radical (unpaired) electrons. The minimum absolute atomic E-state index is 0.291. The summed E-state index contributed by atoms with van der Waals surface area (Å²) in [5.74, 6) is -1.94. The Balaban J connectivity index is 1.96. The summed E-state index contributed by atoms with van der Waals surface area (Å²) in [6.45, 7) is 1.85. The van der Waals surface area contributed by atoms with Gasteiger partial charge in [0.15, 0.2) is 0 Å². The van der Waals surface area contributed by atoms with Crippen LogP contribution in [0.2, 0.25) is 0 Å². The number of benzene rings is 1. The van der Waals surface area contributed by atoms with Gasteiger partial charge in [0.2, 0.25) is 0 Å². The number of likely N-dealkylation sites (N-methyl/N-ethyl adjacent to an activating group) is 1. The quantitative estimate of drug-likeness (QED) is 0.878. The van der Waals surface area contributed by atoms with Crippen molar-refractivity contribution >= 4 is 11.7 Å². The Labute approximate surface area is 112 Å². The van der Waals surface area contributed by atoms with Gasteiger partial charge < -0.3 is 15.3 Å². The lowest BCUT2D eigenvalue weighted by molar-refractivity contribution is 0.0692. The number of nitrogens with one attached hydrogen (secondary N) is 1. The number of halogens is 1. The second-order valence-electron chi connectivity index (χ2n) is 5.01. The maximum atomic E-state index is 13.5. The second kappa shape index (κ2) is 6.02. The number of nitrogens with zero attached hydrogens (tertiary/aromatic N) is 1. The first-order valence-electron chi connectivity index (χ1n) is 6.55. The summed E-state index contributed by atoms with van der Waals surface area (Å²) >= 11 is 0. The van der Waals surface area contributed by atoms with Crippen molar-refractivity contribution in [1.82, 2.24) is 4.90 Å². The Bertz CT molecular complexity index is 465. The molecule has 104 valence electrons. The lowest BCUT2D eigenvalue weighted by atomic mass is 10.0. The van der Waals surface area contributed by atoms with E-state index in [-0.39, 0.29) is 5.56 Å². The van der Waals surface area contributed by atoms with E-state index in [1.54, 1.807) is 6.07 Å². The SMILES string of the molecule is CN1CCCCC1CNc1ccc(C(=O)O)c(F)c1. The van der Waals surface area contributed by atoms with E-state index < -0.39 is 11.8 Å². The number of aromatic carboxylic acids is 1. The summed E-state index contributed by atoms with van der Waals surface area (Å²) < 4.78 is 13.5.